The van der Waals surface area contributed by atoms with E-state index in [1.54, 1.807) is 35.1 Å². The van der Waals surface area contributed by atoms with E-state index < -0.39 is 6.03 Å². The van der Waals surface area contributed by atoms with Gasteiger partial charge < -0.3 is 5.32 Å². The Hall–Kier alpha value is -4.66. The molecule has 5 rings (SSSR count). The predicted octanol–water partition coefficient (Wildman–Crippen LogP) is 3.43. The Bertz CT molecular complexity index is 1470. The Kier molecular flexibility index (Phi) is 5.42. The van der Waals surface area contributed by atoms with E-state index in [1.165, 1.54) is 9.08 Å². The number of fused-ring (bicyclic) bond motifs is 1. The van der Waals surface area contributed by atoms with Crippen LogP contribution in [0.15, 0.2) is 96.1 Å². The van der Waals surface area contributed by atoms with Crippen LogP contribution in [0.25, 0.3) is 5.65 Å². The first-order valence-electron chi connectivity index (χ1n) is 10.4. The van der Waals surface area contributed by atoms with Crippen LogP contribution in [-0.4, -0.2) is 30.0 Å². The van der Waals surface area contributed by atoms with Gasteiger partial charge in [0.1, 0.15) is 0 Å². The molecule has 2 aromatic carbocycles. The summed E-state index contributed by atoms with van der Waals surface area (Å²) in [6.45, 7) is 0.913. The van der Waals surface area contributed by atoms with Crippen molar-refractivity contribution in [2.75, 3.05) is 10.6 Å². The van der Waals surface area contributed by atoms with E-state index in [-0.39, 0.29) is 5.69 Å². The molecule has 0 radical (unpaired) electrons. The predicted molar refractivity (Wildman–Crippen MR) is 125 cm³/mol. The molecular formula is C24H21N7O2. The topological polar surface area (TPSA) is 98.3 Å². The molecule has 5 aromatic rings. The lowest BCUT2D eigenvalue weighted by molar-refractivity contribution is 0.262. The van der Waals surface area contributed by atoms with Crippen LogP contribution >= 0.6 is 0 Å². The van der Waals surface area contributed by atoms with E-state index >= 15 is 0 Å². The number of anilines is 2. The Labute approximate surface area is 188 Å². The summed E-state index contributed by atoms with van der Waals surface area (Å²) < 4.78 is 4.65. The Morgan fingerprint density at radius 2 is 1.61 bits per heavy atom. The highest BCUT2D eigenvalue weighted by Gasteiger charge is 2.09. The number of nitrogens with zero attached hydrogens (tertiary/aromatic N) is 5. The molecule has 164 valence electrons. The van der Waals surface area contributed by atoms with Crippen LogP contribution in [0.2, 0.25) is 0 Å². The molecule has 2 N–H and O–H groups in total. The van der Waals surface area contributed by atoms with Gasteiger partial charge in [-0.2, -0.15) is 5.10 Å². The van der Waals surface area contributed by atoms with Crippen molar-refractivity contribution in [2.45, 2.75) is 13.1 Å². The quantitative estimate of drug-likeness (QED) is 0.423. The minimum absolute atomic E-state index is 0.215. The van der Waals surface area contributed by atoms with Gasteiger partial charge in [0.05, 0.1) is 13.1 Å². The third-order valence-corrected chi connectivity index (χ3v) is 5.08. The molecule has 2 amide bonds. The minimum atomic E-state index is -0.401. The molecule has 0 atom stereocenters. The molecule has 0 aliphatic rings. The fourth-order valence-electron chi connectivity index (χ4n) is 3.56. The van der Waals surface area contributed by atoms with Crippen LogP contribution in [0, 0.1) is 0 Å². The maximum Gasteiger partial charge on any atom is 0.350 e. The summed E-state index contributed by atoms with van der Waals surface area (Å²) in [5, 5.41) is 14.3. The van der Waals surface area contributed by atoms with Crippen LogP contribution < -0.4 is 16.3 Å². The Morgan fingerprint density at radius 3 is 2.45 bits per heavy atom. The van der Waals surface area contributed by atoms with E-state index in [0.717, 1.165) is 11.1 Å². The van der Waals surface area contributed by atoms with Crippen molar-refractivity contribution in [3.63, 3.8) is 0 Å². The summed E-state index contributed by atoms with van der Waals surface area (Å²) in [5.41, 5.74) is 2.93. The highest BCUT2D eigenvalue weighted by atomic mass is 16.2. The molecule has 9 heteroatoms. The number of benzene rings is 2. The van der Waals surface area contributed by atoms with E-state index in [1.807, 2.05) is 60.8 Å². The highest BCUT2D eigenvalue weighted by molar-refractivity contribution is 5.99. The molecule has 3 heterocycles. The van der Waals surface area contributed by atoms with Gasteiger partial charge in [-0.1, -0.05) is 48.5 Å². The molecule has 0 bridgehead atoms. The number of pyridine rings is 1. The maximum absolute atomic E-state index is 12.5. The monoisotopic (exact) mass is 439 g/mol. The summed E-state index contributed by atoms with van der Waals surface area (Å²) in [7, 11) is 0. The van der Waals surface area contributed by atoms with Gasteiger partial charge in [0.15, 0.2) is 11.5 Å². The Balaban J connectivity index is 1.23. The second kappa shape index (κ2) is 8.83. The zero-order valence-corrected chi connectivity index (χ0v) is 17.6. The average molecular weight is 439 g/mol. The van der Waals surface area contributed by atoms with E-state index in [4.69, 9.17) is 0 Å². The van der Waals surface area contributed by atoms with Gasteiger partial charge >= 0.3 is 11.7 Å². The lowest BCUT2D eigenvalue weighted by Gasteiger charge is -2.08. The molecule has 0 saturated carbocycles. The first kappa shape index (κ1) is 20.3. The molecule has 0 spiro atoms. The number of amides is 2. The summed E-state index contributed by atoms with van der Waals surface area (Å²) >= 11 is 0. The third kappa shape index (κ3) is 4.67. The highest BCUT2D eigenvalue weighted by Crippen LogP contribution is 2.13. The smallest absolute Gasteiger partial charge is 0.308 e. The van der Waals surface area contributed by atoms with Gasteiger partial charge in [0.25, 0.3) is 0 Å². The minimum Gasteiger partial charge on any atom is -0.308 e. The average Bonchev–Trinajstić information content (AvgIpc) is 3.38. The van der Waals surface area contributed by atoms with Gasteiger partial charge in [-0.05, 0) is 35.4 Å². The number of hydrogen-bond acceptors (Lipinski definition) is 4. The fourth-order valence-corrected chi connectivity index (χ4v) is 3.56. The largest absolute Gasteiger partial charge is 0.350 e. The van der Waals surface area contributed by atoms with Crippen LogP contribution in [0.3, 0.4) is 0 Å². The second-order valence-corrected chi connectivity index (χ2v) is 7.53. The summed E-state index contributed by atoms with van der Waals surface area (Å²) in [4.78, 5) is 24.9. The molecule has 33 heavy (non-hydrogen) atoms. The van der Waals surface area contributed by atoms with Gasteiger partial charge in [-0.3, -0.25) is 14.4 Å². The van der Waals surface area contributed by atoms with Crippen molar-refractivity contribution >= 4 is 23.2 Å². The summed E-state index contributed by atoms with van der Waals surface area (Å²) in [5.74, 6) is 0.454. The Morgan fingerprint density at radius 1 is 0.788 bits per heavy atom. The van der Waals surface area contributed by atoms with Gasteiger partial charge in [-0.25, -0.2) is 14.3 Å². The normalized spacial score (nSPS) is 10.9. The molecule has 0 unspecified atom stereocenters. The van der Waals surface area contributed by atoms with Crippen molar-refractivity contribution < 1.29 is 4.79 Å². The van der Waals surface area contributed by atoms with Crippen molar-refractivity contribution in [3.8, 4) is 0 Å². The van der Waals surface area contributed by atoms with E-state index in [2.05, 4.69) is 20.8 Å². The second-order valence-electron chi connectivity index (χ2n) is 7.53. The molecule has 0 aliphatic heterocycles. The van der Waals surface area contributed by atoms with Crippen LogP contribution in [0.1, 0.15) is 11.1 Å². The zero-order chi connectivity index (χ0) is 22.6. The molecule has 0 saturated heterocycles. The van der Waals surface area contributed by atoms with Crippen molar-refractivity contribution in [1.82, 2.24) is 24.0 Å². The number of carbonyl (C=O) groups is 1. The van der Waals surface area contributed by atoms with Crippen molar-refractivity contribution in [1.29, 1.82) is 0 Å². The van der Waals surface area contributed by atoms with Crippen LogP contribution in [-0.2, 0) is 13.1 Å². The van der Waals surface area contributed by atoms with Crippen LogP contribution in [0.5, 0.6) is 0 Å². The van der Waals surface area contributed by atoms with Crippen LogP contribution in [0.4, 0.5) is 16.3 Å². The van der Waals surface area contributed by atoms with E-state index in [0.29, 0.717) is 30.2 Å². The van der Waals surface area contributed by atoms with Crippen molar-refractivity contribution in [3.05, 3.63) is 113 Å². The number of hydrogen-bond donors (Lipinski definition) is 2. The number of rotatable bonds is 6. The first-order valence-corrected chi connectivity index (χ1v) is 10.4. The zero-order valence-electron chi connectivity index (χ0n) is 17.6. The lowest BCUT2D eigenvalue weighted by Crippen LogP contribution is -2.22. The molecule has 9 nitrogen and oxygen atoms in total. The maximum atomic E-state index is 12.5. The van der Waals surface area contributed by atoms with Gasteiger partial charge in [0, 0.05) is 24.1 Å². The number of carbonyl (C=O) groups excluding carboxylic acids is 1. The number of nitrogens with one attached hydrogen (secondary N) is 2. The standard InChI is InChI=1S/C24H21N7O2/c32-23(26-21-12-14-29(27-21)16-18-7-2-1-3-8-18)25-20-10-6-9-19(15-20)17-31-24(33)30-13-5-4-11-22(30)28-31/h1-15H,16-17H2,(H2,25,26,27,32). The van der Waals surface area contributed by atoms with E-state index in [9.17, 15) is 9.59 Å². The molecular weight excluding hydrogens is 418 g/mol. The number of urea groups is 1. The molecule has 3 aromatic heterocycles. The third-order valence-electron chi connectivity index (χ3n) is 5.08. The fraction of sp³-hybridized carbons (Fsp3) is 0.0833. The van der Waals surface area contributed by atoms with Crippen molar-refractivity contribution in [2.24, 2.45) is 0 Å². The SMILES string of the molecule is O=C(Nc1cccc(Cn2nc3ccccn3c2=O)c1)Nc1ccn(Cc2ccccc2)n1. The molecule has 0 aliphatic carbocycles. The molecule has 0 fully saturated rings. The summed E-state index contributed by atoms with van der Waals surface area (Å²) in [6.07, 6.45) is 3.50. The van der Waals surface area contributed by atoms with Gasteiger partial charge in [0.2, 0.25) is 0 Å². The first-order chi connectivity index (χ1) is 16.1. The lowest BCUT2D eigenvalue weighted by atomic mass is 10.2. The van der Waals surface area contributed by atoms with Gasteiger partial charge in [-0.15, -0.1) is 5.10 Å². The summed E-state index contributed by atoms with van der Waals surface area (Å²) in [6, 6.07) is 24.0. The number of aromatic nitrogens is 5.